The Bertz CT molecular complexity index is 922. The van der Waals surface area contributed by atoms with Gasteiger partial charge in [-0.2, -0.15) is 0 Å². The topological polar surface area (TPSA) is 69.7 Å². The first kappa shape index (κ1) is 20.6. The van der Waals surface area contributed by atoms with Gasteiger partial charge < -0.3 is 15.1 Å². The summed E-state index contributed by atoms with van der Waals surface area (Å²) in [4.78, 5) is 16.5. The molecular weight excluding hydrogens is 374 g/mol. The predicted octanol–water partition coefficient (Wildman–Crippen LogP) is 2.60. The molecule has 1 heterocycles. The molecule has 7 heteroatoms. The second-order valence-electron chi connectivity index (χ2n) is 7.75. The van der Waals surface area contributed by atoms with Crippen molar-refractivity contribution in [3.8, 4) is 0 Å². The summed E-state index contributed by atoms with van der Waals surface area (Å²) in [5.74, 6) is 0.0278. The molecule has 2 aromatic carbocycles. The van der Waals surface area contributed by atoms with Crippen LogP contribution in [0.3, 0.4) is 0 Å². The third-order valence-corrected chi connectivity index (χ3v) is 7.12. The van der Waals surface area contributed by atoms with E-state index in [1.165, 1.54) is 0 Å². The van der Waals surface area contributed by atoms with Gasteiger partial charge >= 0.3 is 6.03 Å². The van der Waals surface area contributed by atoms with Crippen LogP contribution in [0.4, 0.5) is 4.79 Å². The van der Waals surface area contributed by atoms with Crippen LogP contribution >= 0.6 is 0 Å². The number of piperidine rings is 1. The lowest BCUT2D eigenvalue weighted by Crippen LogP contribution is -2.47. The second kappa shape index (κ2) is 8.92. The lowest BCUT2D eigenvalue weighted by molar-refractivity contribution is 0.169. The lowest BCUT2D eigenvalue weighted by Gasteiger charge is -2.32. The molecule has 0 aliphatic carbocycles. The van der Waals surface area contributed by atoms with Gasteiger partial charge in [-0.3, -0.25) is 0 Å². The van der Waals surface area contributed by atoms with Gasteiger partial charge in [-0.15, -0.1) is 0 Å². The fourth-order valence-corrected chi connectivity index (χ4v) is 5.63. The van der Waals surface area contributed by atoms with Crippen LogP contribution in [0.25, 0.3) is 10.8 Å². The van der Waals surface area contributed by atoms with E-state index in [1.54, 1.807) is 17.0 Å². The molecule has 0 aromatic heterocycles. The highest BCUT2D eigenvalue weighted by molar-refractivity contribution is 7.91. The van der Waals surface area contributed by atoms with E-state index in [-0.39, 0.29) is 17.7 Å². The van der Waals surface area contributed by atoms with Crippen LogP contribution in [-0.2, 0) is 9.84 Å². The number of likely N-dealkylation sites (N-methyl/N-ethyl adjacent to an activating group) is 1. The molecular formula is C21H29N3O3S. The zero-order chi connectivity index (χ0) is 20.1. The van der Waals surface area contributed by atoms with Crippen LogP contribution in [0.5, 0.6) is 0 Å². The van der Waals surface area contributed by atoms with E-state index in [0.29, 0.717) is 24.5 Å². The van der Waals surface area contributed by atoms with E-state index in [4.69, 9.17) is 0 Å². The number of urea groups is 1. The van der Waals surface area contributed by atoms with Crippen molar-refractivity contribution < 1.29 is 13.2 Å². The number of carbonyl (C=O) groups excluding carboxylic acids is 1. The molecule has 2 amide bonds. The molecule has 0 spiro atoms. The largest absolute Gasteiger partial charge is 0.337 e. The number of amides is 2. The first-order valence-corrected chi connectivity index (χ1v) is 11.4. The zero-order valence-electron chi connectivity index (χ0n) is 16.6. The molecule has 152 valence electrons. The third kappa shape index (κ3) is 5.02. The smallest absolute Gasteiger partial charge is 0.317 e. The minimum Gasteiger partial charge on any atom is -0.337 e. The van der Waals surface area contributed by atoms with Crippen molar-refractivity contribution >= 4 is 26.6 Å². The highest BCUT2D eigenvalue weighted by Crippen LogP contribution is 2.27. The van der Waals surface area contributed by atoms with Crippen molar-refractivity contribution in [1.82, 2.24) is 15.1 Å². The second-order valence-corrected chi connectivity index (χ2v) is 9.75. The Labute approximate surface area is 167 Å². The number of hydrogen-bond donors (Lipinski definition) is 1. The quantitative estimate of drug-likeness (QED) is 0.805. The summed E-state index contributed by atoms with van der Waals surface area (Å²) in [6, 6.07) is 12.9. The highest BCUT2D eigenvalue weighted by Gasteiger charge is 2.29. The number of nitrogens with one attached hydrogen (secondary N) is 1. The SMILES string of the molecule is CN(C)CCNC(=O)N1CCCC(CS(=O)(=O)c2cccc3ccccc23)C1. The Morgan fingerprint density at radius 3 is 2.71 bits per heavy atom. The number of nitrogens with zero attached hydrogens (tertiary/aromatic N) is 2. The Morgan fingerprint density at radius 1 is 1.18 bits per heavy atom. The minimum atomic E-state index is -3.43. The van der Waals surface area contributed by atoms with E-state index in [1.807, 2.05) is 49.3 Å². The summed E-state index contributed by atoms with van der Waals surface area (Å²) in [5, 5.41) is 4.61. The summed E-state index contributed by atoms with van der Waals surface area (Å²) >= 11 is 0. The number of hydrogen-bond acceptors (Lipinski definition) is 4. The first-order valence-electron chi connectivity index (χ1n) is 9.75. The maximum Gasteiger partial charge on any atom is 0.317 e. The number of benzene rings is 2. The Hall–Kier alpha value is -2.12. The van der Waals surface area contributed by atoms with Gasteiger partial charge in [0.05, 0.1) is 10.6 Å². The molecule has 6 nitrogen and oxygen atoms in total. The first-order chi connectivity index (χ1) is 13.4. The molecule has 1 saturated heterocycles. The van der Waals surface area contributed by atoms with Gasteiger partial charge in [-0.05, 0) is 44.3 Å². The van der Waals surface area contributed by atoms with Crippen molar-refractivity contribution in [1.29, 1.82) is 0 Å². The van der Waals surface area contributed by atoms with Gasteiger partial charge in [0.1, 0.15) is 0 Å². The van der Waals surface area contributed by atoms with Gasteiger partial charge in [0.25, 0.3) is 0 Å². The number of rotatable bonds is 6. The van der Waals surface area contributed by atoms with Gasteiger partial charge in [-0.1, -0.05) is 36.4 Å². The molecule has 1 aliphatic rings. The molecule has 0 saturated carbocycles. The average molecular weight is 404 g/mol. The van der Waals surface area contributed by atoms with Gasteiger partial charge in [0, 0.05) is 31.6 Å². The fraction of sp³-hybridized carbons (Fsp3) is 0.476. The summed E-state index contributed by atoms with van der Waals surface area (Å²) in [6.45, 7) is 2.52. The van der Waals surface area contributed by atoms with E-state index in [0.717, 1.165) is 30.2 Å². The number of fused-ring (bicyclic) bond motifs is 1. The van der Waals surface area contributed by atoms with E-state index < -0.39 is 9.84 Å². The van der Waals surface area contributed by atoms with Crippen LogP contribution < -0.4 is 5.32 Å². The minimum absolute atomic E-state index is 0.0442. The Morgan fingerprint density at radius 2 is 1.93 bits per heavy atom. The number of sulfone groups is 1. The molecule has 1 aliphatic heterocycles. The zero-order valence-corrected chi connectivity index (χ0v) is 17.4. The van der Waals surface area contributed by atoms with Crippen molar-refractivity contribution in [3.63, 3.8) is 0 Å². The van der Waals surface area contributed by atoms with E-state index >= 15 is 0 Å². The normalized spacial score (nSPS) is 17.8. The summed E-state index contributed by atoms with van der Waals surface area (Å²) in [5.41, 5.74) is 0. The summed E-state index contributed by atoms with van der Waals surface area (Å²) in [7, 11) is 0.490. The van der Waals surface area contributed by atoms with Crippen LogP contribution in [0.2, 0.25) is 0 Å². The van der Waals surface area contributed by atoms with Crippen LogP contribution in [0, 0.1) is 5.92 Å². The molecule has 1 N–H and O–H groups in total. The fourth-order valence-electron chi connectivity index (χ4n) is 3.75. The molecule has 2 aromatic rings. The van der Waals surface area contributed by atoms with Gasteiger partial charge in [0.2, 0.25) is 0 Å². The highest BCUT2D eigenvalue weighted by atomic mass is 32.2. The van der Waals surface area contributed by atoms with Gasteiger partial charge in [0.15, 0.2) is 9.84 Å². The molecule has 0 radical (unpaired) electrons. The van der Waals surface area contributed by atoms with Gasteiger partial charge in [-0.25, -0.2) is 13.2 Å². The molecule has 1 unspecified atom stereocenters. The van der Waals surface area contributed by atoms with Crippen LogP contribution in [0.15, 0.2) is 47.4 Å². The van der Waals surface area contributed by atoms with Crippen molar-refractivity contribution in [3.05, 3.63) is 42.5 Å². The van der Waals surface area contributed by atoms with E-state index in [9.17, 15) is 13.2 Å². The Kier molecular flexibility index (Phi) is 6.57. The standard InChI is InChI=1S/C21H29N3O3S/c1-23(2)14-12-22-21(25)24-13-6-7-17(15-24)16-28(26,27)20-11-5-9-18-8-3-4-10-19(18)20/h3-5,8-11,17H,6-7,12-16H2,1-2H3,(H,22,25). The maximum atomic E-state index is 13.1. The van der Waals surface area contributed by atoms with Crippen molar-refractivity contribution in [2.75, 3.05) is 46.0 Å². The average Bonchev–Trinajstić information content (AvgIpc) is 2.67. The number of likely N-dealkylation sites (tertiary alicyclic amines) is 1. The molecule has 1 fully saturated rings. The van der Waals surface area contributed by atoms with Crippen molar-refractivity contribution in [2.45, 2.75) is 17.7 Å². The van der Waals surface area contributed by atoms with Crippen LogP contribution in [-0.4, -0.2) is 70.3 Å². The monoisotopic (exact) mass is 403 g/mol. The van der Waals surface area contributed by atoms with Crippen molar-refractivity contribution in [2.24, 2.45) is 5.92 Å². The predicted molar refractivity (Wildman–Crippen MR) is 112 cm³/mol. The maximum absolute atomic E-state index is 13.1. The summed E-state index contributed by atoms with van der Waals surface area (Å²) < 4.78 is 26.2. The molecule has 28 heavy (non-hydrogen) atoms. The van der Waals surface area contributed by atoms with Crippen LogP contribution in [0.1, 0.15) is 12.8 Å². The number of carbonyl (C=O) groups is 1. The van der Waals surface area contributed by atoms with E-state index in [2.05, 4.69) is 5.32 Å². The summed E-state index contributed by atoms with van der Waals surface area (Å²) in [6.07, 6.45) is 1.66. The molecule has 1 atom stereocenters. The third-order valence-electron chi connectivity index (χ3n) is 5.18. The molecule has 0 bridgehead atoms. The molecule has 3 rings (SSSR count). The lowest BCUT2D eigenvalue weighted by atomic mass is 10.0. The Balaban J connectivity index is 1.67.